The molecule has 1 aliphatic rings. The van der Waals surface area contributed by atoms with E-state index in [4.69, 9.17) is 9.47 Å². The van der Waals surface area contributed by atoms with Gasteiger partial charge in [0.2, 0.25) is 5.91 Å². The van der Waals surface area contributed by atoms with Gasteiger partial charge in [0.1, 0.15) is 11.8 Å². The molecule has 6 heteroatoms. The van der Waals surface area contributed by atoms with Gasteiger partial charge in [-0.05, 0) is 24.1 Å². The van der Waals surface area contributed by atoms with E-state index < -0.39 is 0 Å². The second-order valence-electron chi connectivity index (χ2n) is 4.60. The van der Waals surface area contributed by atoms with E-state index in [1.807, 2.05) is 25.1 Å². The highest BCUT2D eigenvalue weighted by Crippen LogP contribution is 2.18. The van der Waals surface area contributed by atoms with Crippen molar-refractivity contribution in [2.45, 2.75) is 19.5 Å². The lowest BCUT2D eigenvalue weighted by molar-refractivity contribution is -0.126. The maximum absolute atomic E-state index is 11.9. The van der Waals surface area contributed by atoms with Crippen molar-refractivity contribution in [2.75, 3.05) is 26.9 Å². The summed E-state index contributed by atoms with van der Waals surface area (Å²) in [5.41, 5.74) is 2.10. The standard InChI is InChI=1S/C14H20N2O3.ClH/c1-10-3-4-11(7-13(10)18-2)8-16-14(17)12-9-19-6-5-15-12;/h3-4,7,12,15H,5-6,8-9H2,1-2H3,(H,16,17);1H. The predicted molar refractivity (Wildman–Crippen MR) is 79.4 cm³/mol. The molecule has 5 nitrogen and oxygen atoms in total. The molecule has 0 aromatic heterocycles. The quantitative estimate of drug-likeness (QED) is 0.872. The van der Waals surface area contributed by atoms with E-state index in [-0.39, 0.29) is 24.4 Å². The summed E-state index contributed by atoms with van der Waals surface area (Å²) in [4.78, 5) is 11.9. The second-order valence-corrected chi connectivity index (χ2v) is 4.60. The van der Waals surface area contributed by atoms with Gasteiger partial charge in [-0.2, -0.15) is 0 Å². The monoisotopic (exact) mass is 300 g/mol. The van der Waals surface area contributed by atoms with Crippen LogP contribution in [0.4, 0.5) is 0 Å². The zero-order valence-electron chi connectivity index (χ0n) is 11.8. The lowest BCUT2D eigenvalue weighted by Gasteiger charge is -2.22. The molecule has 1 aromatic rings. The van der Waals surface area contributed by atoms with Crippen molar-refractivity contribution in [2.24, 2.45) is 0 Å². The maximum Gasteiger partial charge on any atom is 0.239 e. The molecule has 0 bridgehead atoms. The van der Waals surface area contributed by atoms with Crippen LogP contribution in [-0.4, -0.2) is 38.8 Å². The van der Waals surface area contributed by atoms with Crippen LogP contribution in [0, 0.1) is 6.92 Å². The van der Waals surface area contributed by atoms with Crippen molar-refractivity contribution in [3.8, 4) is 5.75 Å². The molecule has 1 heterocycles. The van der Waals surface area contributed by atoms with E-state index in [1.165, 1.54) is 0 Å². The van der Waals surface area contributed by atoms with E-state index in [9.17, 15) is 4.79 Å². The molecule has 1 aromatic carbocycles. The number of carbonyl (C=O) groups is 1. The Morgan fingerprint density at radius 1 is 1.55 bits per heavy atom. The highest BCUT2D eigenvalue weighted by molar-refractivity contribution is 5.85. The largest absolute Gasteiger partial charge is 0.496 e. The molecule has 20 heavy (non-hydrogen) atoms. The number of amides is 1. The molecule has 0 spiro atoms. The van der Waals surface area contributed by atoms with Gasteiger partial charge in [0.25, 0.3) is 0 Å². The third-order valence-electron chi connectivity index (χ3n) is 3.18. The second kappa shape index (κ2) is 8.09. The summed E-state index contributed by atoms with van der Waals surface area (Å²) in [7, 11) is 1.65. The Hall–Kier alpha value is -1.30. The van der Waals surface area contributed by atoms with Crippen molar-refractivity contribution >= 4 is 18.3 Å². The number of ether oxygens (including phenoxy) is 2. The number of hydrogen-bond acceptors (Lipinski definition) is 4. The van der Waals surface area contributed by atoms with Gasteiger partial charge < -0.3 is 20.1 Å². The van der Waals surface area contributed by atoms with Crippen LogP contribution < -0.4 is 15.4 Å². The first kappa shape index (κ1) is 16.8. The summed E-state index contributed by atoms with van der Waals surface area (Å²) in [5, 5.41) is 6.03. The van der Waals surface area contributed by atoms with Crippen molar-refractivity contribution in [1.29, 1.82) is 0 Å². The number of aryl methyl sites for hydroxylation is 1. The summed E-state index contributed by atoms with van der Waals surface area (Å²) in [6.45, 7) is 4.30. The van der Waals surface area contributed by atoms with Crippen LogP contribution in [-0.2, 0) is 16.1 Å². The van der Waals surface area contributed by atoms with Crippen molar-refractivity contribution in [3.05, 3.63) is 29.3 Å². The molecule has 0 aliphatic carbocycles. The number of halogens is 1. The minimum absolute atomic E-state index is 0. The summed E-state index contributed by atoms with van der Waals surface area (Å²) in [6.07, 6.45) is 0. The summed E-state index contributed by atoms with van der Waals surface area (Å²) < 4.78 is 10.5. The number of nitrogens with one attached hydrogen (secondary N) is 2. The molecule has 1 aliphatic heterocycles. The lowest BCUT2D eigenvalue weighted by atomic mass is 10.1. The van der Waals surface area contributed by atoms with Crippen LogP contribution in [0.1, 0.15) is 11.1 Å². The highest BCUT2D eigenvalue weighted by Gasteiger charge is 2.20. The average molecular weight is 301 g/mol. The topological polar surface area (TPSA) is 59.6 Å². The zero-order chi connectivity index (χ0) is 13.7. The average Bonchev–Trinajstić information content (AvgIpc) is 2.47. The fraction of sp³-hybridized carbons (Fsp3) is 0.500. The van der Waals surface area contributed by atoms with Crippen LogP contribution in [0.25, 0.3) is 0 Å². The first-order valence-corrected chi connectivity index (χ1v) is 6.43. The number of hydrogen-bond donors (Lipinski definition) is 2. The van der Waals surface area contributed by atoms with Gasteiger partial charge in [0.15, 0.2) is 0 Å². The third-order valence-corrected chi connectivity index (χ3v) is 3.18. The van der Waals surface area contributed by atoms with Crippen LogP contribution in [0.2, 0.25) is 0 Å². The third kappa shape index (κ3) is 4.37. The highest BCUT2D eigenvalue weighted by atomic mass is 35.5. The Morgan fingerprint density at radius 2 is 2.35 bits per heavy atom. The van der Waals surface area contributed by atoms with Gasteiger partial charge in [-0.3, -0.25) is 4.79 Å². The molecule has 1 unspecified atom stereocenters. The Morgan fingerprint density at radius 3 is 3.00 bits per heavy atom. The van der Waals surface area contributed by atoms with Gasteiger partial charge in [-0.1, -0.05) is 12.1 Å². The van der Waals surface area contributed by atoms with Crippen LogP contribution in [0.15, 0.2) is 18.2 Å². The Bertz CT molecular complexity index is 448. The minimum atomic E-state index is -0.249. The van der Waals surface area contributed by atoms with Crippen LogP contribution in [0.3, 0.4) is 0 Å². The fourth-order valence-electron chi connectivity index (χ4n) is 2.02. The Balaban J connectivity index is 0.00000200. The van der Waals surface area contributed by atoms with E-state index in [2.05, 4.69) is 10.6 Å². The molecule has 1 amide bonds. The first-order valence-electron chi connectivity index (χ1n) is 6.43. The van der Waals surface area contributed by atoms with E-state index in [1.54, 1.807) is 7.11 Å². The molecule has 0 saturated carbocycles. The molecule has 2 rings (SSSR count). The number of methoxy groups -OCH3 is 1. The number of carbonyl (C=O) groups excluding carboxylic acids is 1. The Kier molecular flexibility index (Phi) is 6.78. The normalized spacial score (nSPS) is 18.0. The summed E-state index contributed by atoms with van der Waals surface area (Å²) in [6, 6.07) is 5.67. The number of benzene rings is 1. The molecular formula is C14H21ClN2O3. The number of morpholine rings is 1. The van der Waals surface area contributed by atoms with Crippen LogP contribution in [0.5, 0.6) is 5.75 Å². The van der Waals surface area contributed by atoms with Crippen molar-refractivity contribution in [1.82, 2.24) is 10.6 Å². The van der Waals surface area contributed by atoms with Gasteiger partial charge >= 0.3 is 0 Å². The SMILES string of the molecule is COc1cc(CNC(=O)C2COCCN2)ccc1C.Cl. The molecule has 1 saturated heterocycles. The zero-order valence-corrected chi connectivity index (χ0v) is 12.6. The smallest absolute Gasteiger partial charge is 0.239 e. The summed E-state index contributed by atoms with van der Waals surface area (Å²) in [5.74, 6) is 0.810. The Labute approximate surface area is 125 Å². The predicted octanol–water partition coefficient (Wildman–Crippen LogP) is 1.03. The fourth-order valence-corrected chi connectivity index (χ4v) is 2.02. The molecule has 0 radical (unpaired) electrons. The van der Waals surface area contributed by atoms with E-state index in [0.29, 0.717) is 19.8 Å². The molecule has 1 atom stereocenters. The minimum Gasteiger partial charge on any atom is -0.496 e. The first-order chi connectivity index (χ1) is 9.20. The lowest BCUT2D eigenvalue weighted by Crippen LogP contribution is -2.51. The molecular weight excluding hydrogens is 280 g/mol. The van der Waals surface area contributed by atoms with Crippen molar-refractivity contribution in [3.63, 3.8) is 0 Å². The number of rotatable bonds is 4. The van der Waals surface area contributed by atoms with Crippen LogP contribution >= 0.6 is 12.4 Å². The molecule has 1 fully saturated rings. The van der Waals surface area contributed by atoms with Crippen molar-refractivity contribution < 1.29 is 14.3 Å². The maximum atomic E-state index is 11.9. The van der Waals surface area contributed by atoms with Gasteiger partial charge in [-0.15, -0.1) is 12.4 Å². The molecule has 112 valence electrons. The van der Waals surface area contributed by atoms with E-state index >= 15 is 0 Å². The van der Waals surface area contributed by atoms with Gasteiger partial charge in [0.05, 0.1) is 20.3 Å². The van der Waals surface area contributed by atoms with Gasteiger partial charge in [0, 0.05) is 13.1 Å². The van der Waals surface area contributed by atoms with Gasteiger partial charge in [-0.25, -0.2) is 0 Å². The molecule has 2 N–H and O–H groups in total. The summed E-state index contributed by atoms with van der Waals surface area (Å²) >= 11 is 0. The van der Waals surface area contributed by atoms with E-state index in [0.717, 1.165) is 23.4 Å².